The second kappa shape index (κ2) is 4.79. The van der Waals surface area contributed by atoms with Gasteiger partial charge in [0.1, 0.15) is 6.54 Å². The monoisotopic (exact) mass is 195 g/mol. The maximum atomic E-state index is 11.5. The molecule has 0 aliphatic rings. The normalized spacial score (nSPS) is 12.9. The summed E-state index contributed by atoms with van der Waals surface area (Å²) in [5.41, 5.74) is 0. The molecule has 1 N–H and O–H groups in total. The fourth-order valence-electron chi connectivity index (χ4n) is 1.01. The molecule has 4 nitrogen and oxygen atoms in total. The number of carbonyl (C=O) groups is 1. The van der Waals surface area contributed by atoms with Gasteiger partial charge in [-0.25, -0.2) is 0 Å². The summed E-state index contributed by atoms with van der Waals surface area (Å²) in [6, 6.07) is 2.01. The Morgan fingerprint density at radius 3 is 2.71 bits per heavy atom. The summed E-state index contributed by atoms with van der Waals surface area (Å²) in [7, 11) is 0. The highest BCUT2D eigenvalue weighted by Gasteiger charge is 2.10. The molecule has 0 aliphatic heterocycles. The zero-order chi connectivity index (χ0) is 10.6. The number of amides is 1. The number of rotatable bonds is 4. The second-order valence-corrected chi connectivity index (χ2v) is 3.80. The molecule has 1 aromatic rings. The predicted octanol–water partition coefficient (Wildman–Crippen LogP) is 1.04. The molecule has 0 radical (unpaired) electrons. The van der Waals surface area contributed by atoms with Crippen LogP contribution in [0.15, 0.2) is 18.5 Å². The molecule has 1 rings (SSSR count). The van der Waals surface area contributed by atoms with Crippen molar-refractivity contribution in [2.75, 3.05) is 0 Å². The third-order valence-corrected chi connectivity index (χ3v) is 2.25. The van der Waals surface area contributed by atoms with Gasteiger partial charge in [0.15, 0.2) is 0 Å². The van der Waals surface area contributed by atoms with E-state index in [1.54, 1.807) is 23.1 Å². The number of aromatic nitrogens is 2. The molecule has 1 heterocycles. The van der Waals surface area contributed by atoms with Crippen LogP contribution in [0, 0.1) is 5.92 Å². The van der Waals surface area contributed by atoms with Crippen molar-refractivity contribution in [2.45, 2.75) is 33.4 Å². The highest BCUT2D eigenvalue weighted by atomic mass is 16.2. The average Bonchev–Trinajstić information content (AvgIpc) is 2.56. The lowest BCUT2D eigenvalue weighted by Gasteiger charge is -2.17. The molecule has 14 heavy (non-hydrogen) atoms. The van der Waals surface area contributed by atoms with Crippen LogP contribution in [0.3, 0.4) is 0 Å². The van der Waals surface area contributed by atoms with Gasteiger partial charge in [-0.1, -0.05) is 13.8 Å². The summed E-state index contributed by atoms with van der Waals surface area (Å²) in [5, 5.41) is 6.88. The fraction of sp³-hybridized carbons (Fsp3) is 0.600. The first-order valence-corrected chi connectivity index (χ1v) is 4.86. The Morgan fingerprint density at radius 1 is 1.50 bits per heavy atom. The van der Waals surface area contributed by atoms with E-state index < -0.39 is 0 Å². The molecule has 1 unspecified atom stereocenters. The zero-order valence-corrected chi connectivity index (χ0v) is 8.90. The second-order valence-electron chi connectivity index (χ2n) is 3.80. The van der Waals surface area contributed by atoms with Crippen molar-refractivity contribution in [1.82, 2.24) is 15.1 Å². The van der Waals surface area contributed by atoms with Gasteiger partial charge in [0.05, 0.1) is 0 Å². The largest absolute Gasteiger partial charge is 0.352 e. The van der Waals surface area contributed by atoms with Gasteiger partial charge in [-0.15, -0.1) is 0 Å². The molecule has 4 heteroatoms. The molecular weight excluding hydrogens is 178 g/mol. The Kier molecular flexibility index (Phi) is 3.68. The highest BCUT2D eigenvalue weighted by Crippen LogP contribution is 1.99. The summed E-state index contributed by atoms with van der Waals surface area (Å²) >= 11 is 0. The van der Waals surface area contributed by atoms with Gasteiger partial charge in [-0.2, -0.15) is 5.10 Å². The number of hydrogen-bond donors (Lipinski definition) is 1. The van der Waals surface area contributed by atoms with E-state index in [1.807, 2.05) is 6.92 Å². The van der Waals surface area contributed by atoms with Gasteiger partial charge < -0.3 is 5.32 Å². The third kappa shape index (κ3) is 3.20. The minimum absolute atomic E-state index is 0.00917. The number of hydrogen-bond acceptors (Lipinski definition) is 2. The van der Waals surface area contributed by atoms with Crippen LogP contribution in [-0.4, -0.2) is 21.7 Å². The zero-order valence-electron chi connectivity index (χ0n) is 8.90. The Hall–Kier alpha value is -1.32. The number of nitrogens with zero attached hydrogens (tertiary/aromatic N) is 2. The first-order chi connectivity index (χ1) is 6.59. The smallest absolute Gasteiger partial charge is 0.241 e. The molecule has 0 aliphatic carbocycles. The standard InChI is InChI=1S/C10H17N3O/c1-8(2)9(3)12-10(14)7-13-6-4-5-11-13/h4-6,8-9H,7H2,1-3H3,(H,12,14). The van der Waals surface area contributed by atoms with Crippen LogP contribution in [0.1, 0.15) is 20.8 Å². The Labute approximate surface area is 84.3 Å². The topological polar surface area (TPSA) is 46.9 Å². The predicted molar refractivity (Wildman–Crippen MR) is 54.7 cm³/mol. The third-order valence-electron chi connectivity index (χ3n) is 2.25. The molecule has 78 valence electrons. The van der Waals surface area contributed by atoms with Gasteiger partial charge in [0, 0.05) is 18.4 Å². The van der Waals surface area contributed by atoms with E-state index in [2.05, 4.69) is 24.3 Å². The molecule has 0 bridgehead atoms. The molecule has 1 aromatic heterocycles. The Balaban J connectivity index is 2.36. The van der Waals surface area contributed by atoms with E-state index in [1.165, 1.54) is 0 Å². The van der Waals surface area contributed by atoms with Gasteiger partial charge in [-0.3, -0.25) is 9.48 Å². The summed E-state index contributed by atoms with van der Waals surface area (Å²) in [6.45, 7) is 6.47. The van der Waals surface area contributed by atoms with E-state index >= 15 is 0 Å². The molecule has 1 atom stereocenters. The highest BCUT2D eigenvalue weighted by molar-refractivity contribution is 5.75. The molecular formula is C10H17N3O. The van der Waals surface area contributed by atoms with E-state index in [0.29, 0.717) is 12.5 Å². The minimum Gasteiger partial charge on any atom is -0.352 e. The van der Waals surface area contributed by atoms with E-state index in [4.69, 9.17) is 0 Å². The number of carbonyl (C=O) groups excluding carboxylic acids is 1. The van der Waals surface area contributed by atoms with Crippen molar-refractivity contribution < 1.29 is 4.79 Å². The van der Waals surface area contributed by atoms with Crippen LogP contribution in [-0.2, 0) is 11.3 Å². The lowest BCUT2D eigenvalue weighted by Crippen LogP contribution is -2.38. The van der Waals surface area contributed by atoms with Crippen LogP contribution in [0.25, 0.3) is 0 Å². The molecule has 0 saturated carbocycles. The summed E-state index contributed by atoms with van der Waals surface area (Å²) in [6.07, 6.45) is 3.44. The molecule has 0 saturated heterocycles. The first-order valence-electron chi connectivity index (χ1n) is 4.86. The first kappa shape index (κ1) is 10.8. The summed E-state index contributed by atoms with van der Waals surface area (Å²) < 4.78 is 1.61. The van der Waals surface area contributed by atoms with E-state index in [9.17, 15) is 4.79 Å². The summed E-state index contributed by atoms with van der Waals surface area (Å²) in [5.74, 6) is 0.464. The average molecular weight is 195 g/mol. The summed E-state index contributed by atoms with van der Waals surface area (Å²) in [4.78, 5) is 11.5. The Bertz CT molecular complexity index is 280. The van der Waals surface area contributed by atoms with Crippen molar-refractivity contribution in [3.63, 3.8) is 0 Å². The van der Waals surface area contributed by atoms with Crippen molar-refractivity contribution in [3.8, 4) is 0 Å². The maximum Gasteiger partial charge on any atom is 0.241 e. The number of nitrogens with one attached hydrogen (secondary N) is 1. The lowest BCUT2D eigenvalue weighted by atomic mass is 10.1. The van der Waals surface area contributed by atoms with Crippen LogP contribution in [0.2, 0.25) is 0 Å². The van der Waals surface area contributed by atoms with Crippen LogP contribution in [0.4, 0.5) is 0 Å². The van der Waals surface area contributed by atoms with Gasteiger partial charge in [-0.05, 0) is 18.9 Å². The van der Waals surface area contributed by atoms with Crippen LogP contribution >= 0.6 is 0 Å². The quantitative estimate of drug-likeness (QED) is 0.780. The van der Waals surface area contributed by atoms with Crippen molar-refractivity contribution in [3.05, 3.63) is 18.5 Å². The fourth-order valence-corrected chi connectivity index (χ4v) is 1.01. The molecule has 0 spiro atoms. The van der Waals surface area contributed by atoms with E-state index in [-0.39, 0.29) is 11.9 Å². The van der Waals surface area contributed by atoms with Gasteiger partial charge in [0.25, 0.3) is 0 Å². The minimum atomic E-state index is 0.00917. The van der Waals surface area contributed by atoms with Gasteiger partial charge >= 0.3 is 0 Å². The Morgan fingerprint density at radius 2 is 2.21 bits per heavy atom. The molecule has 0 aromatic carbocycles. The van der Waals surface area contributed by atoms with Gasteiger partial charge in [0.2, 0.25) is 5.91 Å². The molecule has 0 fully saturated rings. The van der Waals surface area contributed by atoms with Crippen LogP contribution in [0.5, 0.6) is 0 Å². The van der Waals surface area contributed by atoms with Crippen molar-refractivity contribution >= 4 is 5.91 Å². The van der Waals surface area contributed by atoms with E-state index in [0.717, 1.165) is 0 Å². The SMILES string of the molecule is CC(C)C(C)NC(=O)Cn1cccn1. The van der Waals surface area contributed by atoms with Crippen LogP contribution < -0.4 is 5.32 Å². The van der Waals surface area contributed by atoms with Crippen molar-refractivity contribution in [2.24, 2.45) is 5.92 Å². The molecule has 1 amide bonds. The maximum absolute atomic E-state index is 11.5. The van der Waals surface area contributed by atoms with Crippen molar-refractivity contribution in [1.29, 1.82) is 0 Å². The lowest BCUT2D eigenvalue weighted by molar-refractivity contribution is -0.122.